The van der Waals surface area contributed by atoms with Crippen molar-refractivity contribution in [3.05, 3.63) is 29.3 Å². The van der Waals surface area contributed by atoms with Gasteiger partial charge in [-0.1, -0.05) is 6.07 Å². The predicted octanol–water partition coefficient (Wildman–Crippen LogP) is 0.785. The van der Waals surface area contributed by atoms with E-state index in [1.165, 1.54) is 0 Å². The molecule has 0 bridgehead atoms. The fourth-order valence-electron chi connectivity index (χ4n) is 2.64. The largest absolute Gasteiger partial charge is 0.366 e. The average molecular weight is 304 g/mol. The summed E-state index contributed by atoms with van der Waals surface area (Å²) in [5.74, 6) is -0.529. The molecule has 4 N–H and O–H groups in total. The van der Waals surface area contributed by atoms with Crippen LogP contribution >= 0.6 is 0 Å². The molecule has 1 atom stereocenters. The number of hydrogen-bond donors (Lipinski definition) is 3. The number of nitrogens with two attached hydrogens (primary N) is 1. The van der Waals surface area contributed by atoms with E-state index in [1.54, 1.807) is 12.1 Å². The van der Waals surface area contributed by atoms with Crippen LogP contribution in [0.1, 0.15) is 28.8 Å². The number of rotatable bonds is 5. The molecule has 0 saturated carbocycles. The van der Waals surface area contributed by atoms with Gasteiger partial charge in [-0.15, -0.1) is 0 Å². The minimum absolute atomic E-state index is 0.00572. The second kappa shape index (κ2) is 7.38. The molecule has 1 heterocycles. The topological polar surface area (TPSA) is 87.5 Å². The number of nitrogens with zero attached hydrogens (tertiary/aromatic N) is 1. The van der Waals surface area contributed by atoms with Crippen molar-refractivity contribution in [2.75, 3.05) is 32.5 Å². The summed E-state index contributed by atoms with van der Waals surface area (Å²) in [5, 5.41) is 6.20. The van der Waals surface area contributed by atoms with Crippen LogP contribution < -0.4 is 16.4 Å². The monoisotopic (exact) mass is 304 g/mol. The van der Waals surface area contributed by atoms with Crippen LogP contribution in [0.5, 0.6) is 0 Å². The van der Waals surface area contributed by atoms with Gasteiger partial charge < -0.3 is 21.3 Å². The van der Waals surface area contributed by atoms with Crippen LogP contribution in [0.15, 0.2) is 18.2 Å². The Balaban J connectivity index is 2.19. The molecule has 1 aliphatic rings. The Bertz CT molecular complexity index is 551. The zero-order valence-electron chi connectivity index (χ0n) is 13.2. The molecule has 0 spiro atoms. The lowest BCUT2D eigenvalue weighted by molar-refractivity contribution is -0.120. The summed E-state index contributed by atoms with van der Waals surface area (Å²) in [6.07, 6.45) is 1.89. The molecule has 1 saturated heterocycles. The number of carbonyl (C=O) groups is 2. The SMILES string of the molecule is CN(C)Cc1ccc(C(N)=O)cc1NC(=O)C1CCCNC1. The first-order chi connectivity index (χ1) is 10.5. The van der Waals surface area contributed by atoms with E-state index >= 15 is 0 Å². The van der Waals surface area contributed by atoms with Crippen LogP contribution in [0.3, 0.4) is 0 Å². The number of amides is 2. The maximum atomic E-state index is 12.4. The number of primary amides is 1. The Morgan fingerprint density at radius 3 is 2.77 bits per heavy atom. The highest BCUT2D eigenvalue weighted by molar-refractivity contribution is 5.97. The van der Waals surface area contributed by atoms with Crippen LogP contribution in [-0.2, 0) is 11.3 Å². The smallest absolute Gasteiger partial charge is 0.248 e. The van der Waals surface area contributed by atoms with E-state index in [0.29, 0.717) is 24.3 Å². The molecular formula is C16H24N4O2. The van der Waals surface area contributed by atoms with E-state index in [-0.39, 0.29) is 11.8 Å². The maximum Gasteiger partial charge on any atom is 0.248 e. The van der Waals surface area contributed by atoms with Crippen molar-refractivity contribution in [1.29, 1.82) is 0 Å². The van der Waals surface area contributed by atoms with E-state index in [0.717, 1.165) is 24.9 Å². The standard InChI is InChI=1S/C16H24N4O2/c1-20(2)10-13-6-5-11(15(17)21)8-14(13)19-16(22)12-4-3-7-18-9-12/h5-6,8,12,18H,3-4,7,9-10H2,1-2H3,(H2,17,21)(H,19,22). The fourth-order valence-corrected chi connectivity index (χ4v) is 2.64. The number of anilines is 1. The molecule has 0 radical (unpaired) electrons. The quantitative estimate of drug-likeness (QED) is 0.750. The third kappa shape index (κ3) is 4.29. The van der Waals surface area contributed by atoms with Crippen molar-refractivity contribution >= 4 is 17.5 Å². The minimum Gasteiger partial charge on any atom is -0.366 e. The molecule has 6 nitrogen and oxygen atoms in total. The van der Waals surface area contributed by atoms with E-state index in [4.69, 9.17) is 5.73 Å². The van der Waals surface area contributed by atoms with Gasteiger partial charge in [0.25, 0.3) is 0 Å². The number of nitrogens with one attached hydrogen (secondary N) is 2. The van der Waals surface area contributed by atoms with Crippen molar-refractivity contribution in [3.8, 4) is 0 Å². The fraction of sp³-hybridized carbons (Fsp3) is 0.500. The Kier molecular flexibility index (Phi) is 5.51. The Morgan fingerprint density at radius 2 is 2.18 bits per heavy atom. The molecule has 6 heteroatoms. The predicted molar refractivity (Wildman–Crippen MR) is 86.6 cm³/mol. The van der Waals surface area contributed by atoms with E-state index in [2.05, 4.69) is 10.6 Å². The lowest BCUT2D eigenvalue weighted by atomic mass is 9.98. The van der Waals surface area contributed by atoms with Crippen LogP contribution in [0.2, 0.25) is 0 Å². The van der Waals surface area contributed by atoms with Crippen LogP contribution in [0.4, 0.5) is 5.69 Å². The van der Waals surface area contributed by atoms with Gasteiger partial charge in [-0.2, -0.15) is 0 Å². The second-order valence-corrected chi connectivity index (χ2v) is 6.01. The van der Waals surface area contributed by atoms with Crippen molar-refractivity contribution in [3.63, 3.8) is 0 Å². The molecular weight excluding hydrogens is 280 g/mol. The average Bonchev–Trinajstić information content (AvgIpc) is 2.49. The zero-order chi connectivity index (χ0) is 16.1. The van der Waals surface area contributed by atoms with Gasteiger partial charge in [0, 0.05) is 24.3 Å². The number of piperidine rings is 1. The molecule has 1 aromatic carbocycles. The van der Waals surface area contributed by atoms with Crippen LogP contribution in [-0.4, -0.2) is 43.9 Å². The maximum absolute atomic E-state index is 12.4. The summed E-state index contributed by atoms with van der Waals surface area (Å²) in [5.41, 5.74) is 7.37. The van der Waals surface area contributed by atoms with Gasteiger partial charge in [0.2, 0.25) is 11.8 Å². The van der Waals surface area contributed by atoms with Crippen molar-refractivity contribution < 1.29 is 9.59 Å². The van der Waals surface area contributed by atoms with Crippen molar-refractivity contribution in [1.82, 2.24) is 10.2 Å². The molecule has 22 heavy (non-hydrogen) atoms. The lowest BCUT2D eigenvalue weighted by Crippen LogP contribution is -2.37. The molecule has 0 aliphatic carbocycles. The van der Waals surface area contributed by atoms with Gasteiger partial charge in [0.1, 0.15) is 0 Å². The molecule has 2 amide bonds. The van der Waals surface area contributed by atoms with Crippen LogP contribution in [0.25, 0.3) is 0 Å². The first kappa shape index (κ1) is 16.5. The Morgan fingerprint density at radius 1 is 1.41 bits per heavy atom. The lowest BCUT2D eigenvalue weighted by Gasteiger charge is -2.23. The third-order valence-corrected chi connectivity index (χ3v) is 3.81. The molecule has 120 valence electrons. The van der Waals surface area contributed by atoms with Gasteiger partial charge in [0.15, 0.2) is 0 Å². The number of carbonyl (C=O) groups excluding carboxylic acids is 2. The van der Waals surface area contributed by atoms with Gasteiger partial charge in [-0.05, 0) is 51.2 Å². The highest BCUT2D eigenvalue weighted by Crippen LogP contribution is 2.21. The zero-order valence-corrected chi connectivity index (χ0v) is 13.2. The highest BCUT2D eigenvalue weighted by atomic mass is 16.2. The van der Waals surface area contributed by atoms with Gasteiger partial charge >= 0.3 is 0 Å². The summed E-state index contributed by atoms with van der Waals surface area (Å²) < 4.78 is 0. The molecule has 1 aromatic rings. The van der Waals surface area contributed by atoms with E-state index < -0.39 is 5.91 Å². The molecule has 1 fully saturated rings. The van der Waals surface area contributed by atoms with Gasteiger partial charge in [-0.25, -0.2) is 0 Å². The highest BCUT2D eigenvalue weighted by Gasteiger charge is 2.22. The Hall–Kier alpha value is -1.92. The van der Waals surface area contributed by atoms with Crippen molar-refractivity contribution in [2.24, 2.45) is 11.7 Å². The third-order valence-electron chi connectivity index (χ3n) is 3.81. The van der Waals surface area contributed by atoms with E-state index in [9.17, 15) is 9.59 Å². The normalized spacial score (nSPS) is 18.2. The summed E-state index contributed by atoms with van der Waals surface area (Å²) in [7, 11) is 3.91. The van der Waals surface area contributed by atoms with Crippen LogP contribution in [0, 0.1) is 5.92 Å². The second-order valence-electron chi connectivity index (χ2n) is 6.01. The minimum atomic E-state index is -0.494. The first-order valence-electron chi connectivity index (χ1n) is 7.56. The summed E-state index contributed by atoms with van der Waals surface area (Å²) >= 11 is 0. The molecule has 0 aromatic heterocycles. The van der Waals surface area contributed by atoms with Crippen molar-refractivity contribution in [2.45, 2.75) is 19.4 Å². The van der Waals surface area contributed by atoms with E-state index in [1.807, 2.05) is 25.1 Å². The molecule has 1 unspecified atom stereocenters. The molecule has 1 aliphatic heterocycles. The number of benzene rings is 1. The number of hydrogen-bond acceptors (Lipinski definition) is 4. The first-order valence-corrected chi connectivity index (χ1v) is 7.56. The summed E-state index contributed by atoms with van der Waals surface area (Å²) in [4.78, 5) is 25.8. The summed E-state index contributed by atoms with van der Waals surface area (Å²) in [6, 6.07) is 5.20. The Labute approximate surface area is 131 Å². The molecule has 2 rings (SSSR count). The summed E-state index contributed by atoms with van der Waals surface area (Å²) in [6.45, 7) is 2.34. The van der Waals surface area contributed by atoms with Gasteiger partial charge in [-0.3, -0.25) is 9.59 Å². The van der Waals surface area contributed by atoms with Gasteiger partial charge in [0.05, 0.1) is 5.92 Å².